The number of nitrogens with one attached hydrogen (secondary N) is 3. The number of ether oxygens (including phenoxy) is 7. The van der Waals surface area contributed by atoms with E-state index in [0.29, 0.717) is 44.5 Å². The van der Waals surface area contributed by atoms with Gasteiger partial charge in [0, 0.05) is 59.3 Å². The van der Waals surface area contributed by atoms with Gasteiger partial charge in [-0.1, -0.05) is 249 Å². The van der Waals surface area contributed by atoms with Gasteiger partial charge in [-0.05, 0) is 142 Å². The molecule has 0 atom stereocenters. The van der Waals surface area contributed by atoms with Crippen molar-refractivity contribution in [3.8, 4) is 40.2 Å². The van der Waals surface area contributed by atoms with Crippen molar-refractivity contribution in [2.24, 2.45) is 0 Å². The van der Waals surface area contributed by atoms with E-state index in [1.807, 2.05) is 229 Å². The Bertz CT molecular complexity index is 4710. The monoisotopic (exact) mass is 1490 g/mol. The van der Waals surface area contributed by atoms with E-state index in [2.05, 4.69) is 124 Å². The summed E-state index contributed by atoms with van der Waals surface area (Å²) in [6.07, 6.45) is 19.4. The van der Waals surface area contributed by atoms with Crippen molar-refractivity contribution in [2.45, 2.75) is 38.8 Å². The van der Waals surface area contributed by atoms with Crippen LogP contribution in [-0.4, -0.2) is 61.1 Å². The van der Waals surface area contributed by atoms with Gasteiger partial charge in [0.05, 0.1) is 26.0 Å². The number of thiophene rings is 1. The molecule has 3 N–H and O–H groups in total. The number of rotatable bonds is 0. The first-order chi connectivity index (χ1) is 54.8. The van der Waals surface area contributed by atoms with Crippen LogP contribution in [0.3, 0.4) is 0 Å². The second kappa shape index (κ2) is 46.3. The van der Waals surface area contributed by atoms with E-state index in [-0.39, 0.29) is 11.8 Å². The molecule has 4 aromatic heterocycles. The molecule has 7 aliphatic heterocycles. The number of carbonyl (C=O) groups is 3. The molecule has 14 aromatic rings. The Kier molecular flexibility index (Phi) is 33.3. The fourth-order valence-electron chi connectivity index (χ4n) is 10.9. The maximum atomic E-state index is 11.1. The summed E-state index contributed by atoms with van der Waals surface area (Å²) in [5, 5.41) is 15.8. The number of allylic oxidation sites excluding steroid dienone is 4. The number of hydrogen-bond donors (Lipinski definition) is 3. The molecule has 0 spiro atoms. The minimum absolute atomic E-state index is 0.0504. The van der Waals surface area contributed by atoms with Crippen molar-refractivity contribution in [1.82, 2.24) is 25.9 Å². The lowest BCUT2D eigenvalue weighted by molar-refractivity contribution is 0.0962. The number of benzene rings is 10. The fourth-order valence-corrected chi connectivity index (χ4v) is 11.4. The van der Waals surface area contributed by atoms with Crippen molar-refractivity contribution in [3.05, 3.63) is 409 Å². The number of nitrogens with zero attached hydrogens (tertiary/aromatic N) is 2. The van der Waals surface area contributed by atoms with Crippen LogP contribution in [-0.2, 0) is 25.9 Å². The number of amides is 3. The lowest BCUT2D eigenvalue weighted by Crippen LogP contribution is -2.31. The highest BCUT2D eigenvalue weighted by molar-refractivity contribution is 7.07. The average Bonchev–Trinajstić information content (AvgIpc) is 1.76. The molecule has 22 rings (SSSR count). The number of carbonyl (C=O) groups excluding carboxylic acids is 3. The minimum atomic E-state index is -0.412. The SMILES string of the molecule is C1=CCC=C1.C=C1NC(=O)c2ccccc21.O=C1NCc2ccccc21.O=C1NCc2ncccc2O1.c1ccc2c(c1)CCCO2.c1ccc2c(c1)CCO2.c1ccc2c(c1)OCCO2.c1ccc2c(c1)OCO2.c1ccc2ccccc2c1.c1ccc2occc2c1.c1ccccc1.c1ccncc1.c1ccsc1. The molecule has 10 aromatic carbocycles. The molecule has 3 amide bonds. The van der Waals surface area contributed by atoms with Crippen LogP contribution in [0.5, 0.6) is 40.2 Å². The molecule has 8 aliphatic rings. The van der Waals surface area contributed by atoms with E-state index in [0.717, 1.165) is 106 Å². The van der Waals surface area contributed by atoms with Gasteiger partial charge in [0.25, 0.3) is 11.8 Å². The molecule has 1 aliphatic carbocycles. The van der Waals surface area contributed by atoms with Gasteiger partial charge in [0.15, 0.2) is 28.7 Å². The topological polar surface area (TPSA) is 191 Å². The Balaban J connectivity index is 0.000000129. The van der Waals surface area contributed by atoms with Crippen molar-refractivity contribution in [2.75, 3.05) is 33.2 Å². The lowest BCUT2D eigenvalue weighted by atomic mass is 10.1. The van der Waals surface area contributed by atoms with Crippen LogP contribution in [0.2, 0.25) is 0 Å². The van der Waals surface area contributed by atoms with E-state index >= 15 is 0 Å². The van der Waals surface area contributed by atoms with Crippen LogP contribution in [0, 0.1) is 0 Å². The molecule has 0 radical (unpaired) electrons. The highest BCUT2D eigenvalue weighted by atomic mass is 32.1. The van der Waals surface area contributed by atoms with Crippen LogP contribution >= 0.6 is 11.3 Å². The zero-order valence-electron chi connectivity index (χ0n) is 61.4. The number of aryl methyl sites for hydroxylation is 1. The molecule has 0 fully saturated rings. The first kappa shape index (κ1) is 79.8. The van der Waals surface area contributed by atoms with Gasteiger partial charge in [-0.15, -0.1) is 0 Å². The van der Waals surface area contributed by atoms with Crippen LogP contribution in [0.1, 0.15) is 61.5 Å². The molecule has 17 heteroatoms. The summed E-state index contributed by atoms with van der Waals surface area (Å²) in [5.74, 6) is 6.10. The van der Waals surface area contributed by atoms with Crippen molar-refractivity contribution in [3.63, 3.8) is 0 Å². The number of furan rings is 1. The smallest absolute Gasteiger partial charge is 0.412 e. The molecule has 560 valence electrons. The van der Waals surface area contributed by atoms with Crippen LogP contribution in [0.25, 0.3) is 27.4 Å². The summed E-state index contributed by atoms with van der Waals surface area (Å²) in [4.78, 5) is 40.5. The fraction of sp³-hybridized carbons (Fsp3) is 0.117. The lowest BCUT2D eigenvalue weighted by Gasteiger charge is -2.17. The van der Waals surface area contributed by atoms with Crippen molar-refractivity contribution < 1.29 is 52.0 Å². The standard InChI is InChI=1S/C10H8.C9H7NO.C9H10O.C8H7NO.C8H8O2.C8H8O.C8H6O.C7H6N2O2.C7H6O2.C6H6.C5H5N.C5H6.C4H4S/c1-2-6-10-8-4-3-7-9(10)5-1;1-6-7-4-2-3-5-8(7)9(11)10-6;1-2-6-9-8(4-1)5-3-7-10-9;10-8-7-4-2-1-3-6(7)5-9-8;1-2-4-8-7(3-1)9-5-6-10-8;2*1-2-4-8-7(3-1)5-6-9-8;10-7-9-4-5-6(11-7)2-1-3-8-5;1-2-4-7-6(3-1)8-5-9-7;2*1-2-4-6-5-3-1;2*1-2-4-5-3-1/h1-8H;2-5H,1H2,(H,10,11);1-2,4,6H,3,5,7H2;1-4H,5H2,(H,9,10);1-4H,5-6H2;1-4H,5-6H2;1-6H;1-3H,4H2,(H,9,10);1-4H,5H2;1-6H;1-5H;1-4H,5H2;1-4H. The minimum Gasteiger partial charge on any atom is -0.493 e. The van der Waals surface area contributed by atoms with Crippen LogP contribution < -0.4 is 49.1 Å². The van der Waals surface area contributed by atoms with Gasteiger partial charge in [-0.25, -0.2) is 4.79 Å². The van der Waals surface area contributed by atoms with Crippen molar-refractivity contribution >= 4 is 56.7 Å². The van der Waals surface area contributed by atoms with Gasteiger partial charge >= 0.3 is 6.09 Å². The molecule has 0 unspecified atom stereocenters. The third-order valence-electron chi connectivity index (χ3n) is 16.4. The third kappa shape index (κ3) is 27.5. The molecule has 16 nitrogen and oxygen atoms in total. The highest BCUT2D eigenvalue weighted by Gasteiger charge is 2.21. The normalized spacial score (nSPS) is 13.0. The van der Waals surface area contributed by atoms with Gasteiger partial charge in [-0.3, -0.25) is 19.6 Å². The van der Waals surface area contributed by atoms with E-state index < -0.39 is 6.09 Å². The average molecular weight is 1490 g/mol. The second-order valence-corrected chi connectivity index (χ2v) is 25.0. The molecule has 0 bridgehead atoms. The number of fused-ring (bicyclic) bond motifs is 9. The molecule has 11 heterocycles. The van der Waals surface area contributed by atoms with E-state index in [4.69, 9.17) is 37.6 Å². The molecule has 0 saturated carbocycles. The molecule has 111 heavy (non-hydrogen) atoms. The molecular formula is C94H87N5O11S. The van der Waals surface area contributed by atoms with Gasteiger partial charge in [0.2, 0.25) is 6.79 Å². The van der Waals surface area contributed by atoms with Gasteiger partial charge < -0.3 is 53.5 Å². The van der Waals surface area contributed by atoms with E-state index in [9.17, 15) is 14.4 Å². The Morgan fingerprint density at radius 1 is 0.369 bits per heavy atom. The van der Waals surface area contributed by atoms with E-state index in [1.54, 1.807) is 54.4 Å². The zero-order valence-corrected chi connectivity index (χ0v) is 62.2. The summed E-state index contributed by atoms with van der Waals surface area (Å²) >= 11 is 1.71. The Labute approximate surface area is 651 Å². The first-order valence-electron chi connectivity index (χ1n) is 36.3. The van der Waals surface area contributed by atoms with Crippen LogP contribution in [0.15, 0.2) is 374 Å². The predicted molar refractivity (Wildman–Crippen MR) is 442 cm³/mol. The zero-order chi connectivity index (χ0) is 76.8. The summed E-state index contributed by atoms with van der Waals surface area (Å²) in [7, 11) is 0. The number of para-hydroxylation sites is 7. The maximum absolute atomic E-state index is 11.1. The van der Waals surface area contributed by atoms with Gasteiger partial charge in [-0.2, -0.15) is 11.3 Å². The summed E-state index contributed by atoms with van der Waals surface area (Å²) in [6.45, 7) is 8.29. The number of pyridine rings is 2. The van der Waals surface area contributed by atoms with E-state index in [1.165, 1.54) is 28.3 Å². The summed E-state index contributed by atoms with van der Waals surface area (Å²) in [6, 6.07) is 98.6. The summed E-state index contributed by atoms with van der Waals surface area (Å²) < 4.78 is 41.4. The number of aromatic nitrogens is 2. The molecular weight excluding hydrogens is 1410 g/mol. The predicted octanol–water partition coefficient (Wildman–Crippen LogP) is 20.8. The van der Waals surface area contributed by atoms with Crippen LogP contribution in [0.4, 0.5) is 4.79 Å². The first-order valence-corrected chi connectivity index (χ1v) is 37.2. The Morgan fingerprint density at radius 2 is 0.847 bits per heavy atom. The third-order valence-corrected chi connectivity index (χ3v) is 17.0. The maximum Gasteiger partial charge on any atom is 0.412 e. The quantitative estimate of drug-likeness (QED) is 0.130. The highest BCUT2D eigenvalue weighted by Crippen LogP contribution is 2.31. The number of hydrogen-bond acceptors (Lipinski definition) is 14. The Hall–Kier alpha value is -13.8. The van der Waals surface area contributed by atoms with Crippen molar-refractivity contribution in [1.29, 1.82) is 0 Å². The Morgan fingerprint density at radius 3 is 1.35 bits per heavy atom. The molecule has 0 saturated heterocycles. The van der Waals surface area contributed by atoms with Gasteiger partial charge in [0.1, 0.15) is 36.0 Å². The second-order valence-electron chi connectivity index (χ2n) is 24.1. The largest absolute Gasteiger partial charge is 0.493 e. The summed E-state index contributed by atoms with van der Waals surface area (Å²) in [5.41, 5.74) is 8.69.